The molecule has 9 heteroatoms. The summed E-state index contributed by atoms with van der Waals surface area (Å²) in [6.45, 7) is 2.38. The third kappa shape index (κ3) is 5.30. The zero-order valence-corrected chi connectivity index (χ0v) is 23.0. The Morgan fingerprint density at radius 1 is 0.975 bits per heavy atom. The molecule has 1 amide bonds. The van der Waals surface area contributed by atoms with Gasteiger partial charge in [-0.05, 0) is 72.6 Å². The zero-order chi connectivity index (χ0) is 27.1. The molecule has 0 bridgehead atoms. The molecule has 208 valence electrons. The molecule has 0 spiro atoms. The molecule has 2 aliphatic heterocycles. The summed E-state index contributed by atoms with van der Waals surface area (Å²) in [6.07, 6.45) is 5.26. The second-order valence-electron chi connectivity index (χ2n) is 10.9. The molecule has 3 heterocycles. The number of rotatable bonds is 9. The van der Waals surface area contributed by atoms with E-state index >= 15 is 0 Å². The van der Waals surface area contributed by atoms with E-state index in [2.05, 4.69) is 41.0 Å². The lowest BCUT2D eigenvalue weighted by atomic mass is 9.96. The van der Waals surface area contributed by atoms with Gasteiger partial charge in [0.15, 0.2) is 11.5 Å². The van der Waals surface area contributed by atoms with Crippen LogP contribution in [0, 0.1) is 0 Å². The van der Waals surface area contributed by atoms with Gasteiger partial charge < -0.3 is 29.6 Å². The molecule has 2 aliphatic carbocycles. The van der Waals surface area contributed by atoms with Crippen molar-refractivity contribution in [2.24, 2.45) is 0 Å². The van der Waals surface area contributed by atoms with E-state index < -0.39 is 0 Å². The van der Waals surface area contributed by atoms with Crippen molar-refractivity contribution >= 4 is 17.5 Å². The Morgan fingerprint density at radius 2 is 1.85 bits per heavy atom. The molecule has 8 nitrogen and oxygen atoms in total. The summed E-state index contributed by atoms with van der Waals surface area (Å²) in [5.74, 6) is 2.65. The number of halogens is 1. The number of benzene rings is 2. The topological polar surface area (TPSA) is 90.9 Å². The van der Waals surface area contributed by atoms with Gasteiger partial charge in [0.2, 0.25) is 17.7 Å². The van der Waals surface area contributed by atoms with Crippen molar-refractivity contribution in [3.8, 4) is 34.4 Å². The predicted octanol–water partition coefficient (Wildman–Crippen LogP) is 5.15. The molecule has 3 aromatic rings. The number of carbonyl (C=O) groups excluding carboxylic acids is 1. The third-order valence-electron chi connectivity index (χ3n) is 7.90. The summed E-state index contributed by atoms with van der Waals surface area (Å²) in [5, 5.41) is 6.87. The highest BCUT2D eigenvalue weighted by Crippen LogP contribution is 2.43. The first-order chi connectivity index (χ1) is 19.6. The van der Waals surface area contributed by atoms with E-state index in [1.807, 2.05) is 12.1 Å². The standard InChI is InChI=1S/C31H32ClN3O5/c32-25-14-19(16-33-17-20-5-11-29(36)34-20)30(39-21-6-7-21)35-31(25)40-26-10-8-23-22(2-1-3-24(23)26)18-4-9-27-28(15-18)38-13-12-37-27/h1-4,9,14-15,20-21,26,33H,5-8,10-13,16-17H2,(H,34,36)/t20?,26-/m0/s1. The van der Waals surface area contributed by atoms with Gasteiger partial charge in [-0.15, -0.1) is 0 Å². The maximum Gasteiger partial charge on any atom is 0.236 e. The molecule has 2 fully saturated rings. The summed E-state index contributed by atoms with van der Waals surface area (Å²) < 4.78 is 24.2. The number of hydrogen-bond donors (Lipinski definition) is 2. The normalized spacial score (nSPS) is 21.2. The van der Waals surface area contributed by atoms with Crippen molar-refractivity contribution in [3.63, 3.8) is 0 Å². The average Bonchev–Trinajstić information content (AvgIpc) is 3.55. The van der Waals surface area contributed by atoms with Gasteiger partial charge in [-0.3, -0.25) is 4.79 Å². The van der Waals surface area contributed by atoms with Gasteiger partial charge in [0.05, 0.1) is 0 Å². The predicted molar refractivity (Wildman–Crippen MR) is 150 cm³/mol. The molecule has 1 unspecified atom stereocenters. The third-order valence-corrected chi connectivity index (χ3v) is 8.17. The number of nitrogens with one attached hydrogen (secondary N) is 2. The second-order valence-corrected chi connectivity index (χ2v) is 11.3. The summed E-state index contributed by atoms with van der Waals surface area (Å²) in [7, 11) is 0. The number of ether oxygens (including phenoxy) is 4. The summed E-state index contributed by atoms with van der Waals surface area (Å²) in [6, 6.07) is 14.5. The monoisotopic (exact) mass is 561 g/mol. The van der Waals surface area contributed by atoms with Crippen molar-refractivity contribution in [2.75, 3.05) is 19.8 Å². The molecular weight excluding hydrogens is 530 g/mol. The molecule has 2 N–H and O–H groups in total. The Kier molecular flexibility index (Phi) is 6.89. The van der Waals surface area contributed by atoms with Gasteiger partial charge in [0.25, 0.3) is 0 Å². The number of nitrogens with zero attached hydrogens (tertiary/aromatic N) is 1. The van der Waals surface area contributed by atoms with Crippen LogP contribution in [-0.4, -0.2) is 42.8 Å². The van der Waals surface area contributed by atoms with Gasteiger partial charge in [-0.1, -0.05) is 35.9 Å². The van der Waals surface area contributed by atoms with Gasteiger partial charge in [0.1, 0.15) is 30.4 Å². The molecule has 40 heavy (non-hydrogen) atoms. The molecule has 7 rings (SSSR count). The first kappa shape index (κ1) is 25.5. The Labute approximate surface area is 238 Å². The van der Waals surface area contributed by atoms with Crippen LogP contribution in [0.3, 0.4) is 0 Å². The summed E-state index contributed by atoms with van der Waals surface area (Å²) >= 11 is 6.73. The highest BCUT2D eigenvalue weighted by atomic mass is 35.5. The van der Waals surface area contributed by atoms with Crippen LogP contribution in [0.15, 0.2) is 42.5 Å². The van der Waals surface area contributed by atoms with Gasteiger partial charge in [-0.2, -0.15) is 4.98 Å². The zero-order valence-electron chi connectivity index (χ0n) is 22.2. The lowest BCUT2D eigenvalue weighted by Gasteiger charge is -2.20. The molecule has 1 saturated heterocycles. The Bertz CT molecular complexity index is 1440. The quantitative estimate of drug-likeness (QED) is 0.373. The number of pyridine rings is 1. The first-order valence-electron chi connectivity index (χ1n) is 14.2. The van der Waals surface area contributed by atoms with Gasteiger partial charge >= 0.3 is 0 Å². The second kappa shape index (κ2) is 10.8. The van der Waals surface area contributed by atoms with E-state index in [1.165, 1.54) is 11.1 Å². The average molecular weight is 562 g/mol. The highest BCUT2D eigenvalue weighted by Gasteiger charge is 2.30. The minimum Gasteiger partial charge on any atom is -0.486 e. The van der Waals surface area contributed by atoms with E-state index in [-0.39, 0.29) is 24.2 Å². The van der Waals surface area contributed by atoms with E-state index in [9.17, 15) is 4.79 Å². The van der Waals surface area contributed by atoms with E-state index in [1.54, 1.807) is 0 Å². The summed E-state index contributed by atoms with van der Waals surface area (Å²) in [5.41, 5.74) is 5.60. The largest absolute Gasteiger partial charge is 0.486 e. The summed E-state index contributed by atoms with van der Waals surface area (Å²) in [4.78, 5) is 16.3. The number of fused-ring (bicyclic) bond motifs is 2. The van der Waals surface area contributed by atoms with Crippen molar-refractivity contribution in [1.82, 2.24) is 15.6 Å². The Hall–Kier alpha value is -3.49. The van der Waals surface area contributed by atoms with Crippen LogP contribution in [0.1, 0.15) is 54.9 Å². The van der Waals surface area contributed by atoms with Crippen LogP contribution in [0.25, 0.3) is 11.1 Å². The Morgan fingerprint density at radius 3 is 2.67 bits per heavy atom. The minimum atomic E-state index is -0.152. The smallest absolute Gasteiger partial charge is 0.236 e. The molecule has 4 aliphatic rings. The van der Waals surface area contributed by atoms with Crippen LogP contribution in [0.5, 0.6) is 23.3 Å². The van der Waals surface area contributed by atoms with E-state index in [0.29, 0.717) is 49.5 Å². The fraction of sp³-hybridized carbons (Fsp3) is 0.419. The molecule has 0 radical (unpaired) electrons. The maximum absolute atomic E-state index is 11.5. The number of hydrogen-bond acceptors (Lipinski definition) is 7. The van der Waals surface area contributed by atoms with Crippen LogP contribution in [-0.2, 0) is 17.8 Å². The number of amides is 1. The van der Waals surface area contributed by atoms with Crippen molar-refractivity contribution in [2.45, 2.75) is 63.3 Å². The molecule has 1 aromatic heterocycles. The molecule has 2 atom stereocenters. The molecular formula is C31H32ClN3O5. The van der Waals surface area contributed by atoms with Crippen LogP contribution < -0.4 is 29.6 Å². The highest BCUT2D eigenvalue weighted by molar-refractivity contribution is 6.31. The Balaban J connectivity index is 1.10. The van der Waals surface area contributed by atoms with E-state index in [4.69, 9.17) is 35.5 Å². The fourth-order valence-corrected chi connectivity index (χ4v) is 5.93. The van der Waals surface area contributed by atoms with Gasteiger partial charge in [-0.25, -0.2) is 0 Å². The van der Waals surface area contributed by atoms with Crippen LogP contribution >= 0.6 is 11.6 Å². The maximum atomic E-state index is 11.5. The first-order valence-corrected chi connectivity index (χ1v) is 14.5. The number of carbonyl (C=O) groups is 1. The minimum absolute atomic E-state index is 0.114. The van der Waals surface area contributed by atoms with Gasteiger partial charge in [0, 0.05) is 31.1 Å². The molecule has 1 saturated carbocycles. The lowest BCUT2D eigenvalue weighted by Crippen LogP contribution is -2.35. The van der Waals surface area contributed by atoms with Crippen LogP contribution in [0.4, 0.5) is 0 Å². The van der Waals surface area contributed by atoms with Crippen molar-refractivity contribution in [3.05, 3.63) is 64.2 Å². The molecule has 2 aromatic carbocycles. The number of aromatic nitrogens is 1. The fourth-order valence-electron chi connectivity index (χ4n) is 5.72. The van der Waals surface area contributed by atoms with Crippen molar-refractivity contribution < 1.29 is 23.7 Å². The van der Waals surface area contributed by atoms with E-state index in [0.717, 1.165) is 60.3 Å². The SMILES string of the molecule is O=C1CCC(CNCc2cc(Cl)c(O[C@H]3CCc4c(-c5ccc6c(c5)OCCO6)cccc43)nc2OC2CC2)N1. The lowest BCUT2D eigenvalue weighted by molar-refractivity contribution is -0.119. The van der Waals surface area contributed by atoms with Crippen molar-refractivity contribution in [1.29, 1.82) is 0 Å². The van der Waals surface area contributed by atoms with Crippen LogP contribution in [0.2, 0.25) is 5.02 Å².